The highest BCUT2D eigenvalue weighted by molar-refractivity contribution is 6.46. The molecule has 0 spiro atoms. The third-order valence-electron chi connectivity index (χ3n) is 4.49. The second-order valence-electron chi connectivity index (χ2n) is 5.45. The molecule has 1 fully saturated rings. The van der Waals surface area contributed by atoms with E-state index in [2.05, 4.69) is 11.8 Å². The van der Waals surface area contributed by atoms with Crippen molar-refractivity contribution < 1.29 is 9.59 Å². The average Bonchev–Trinajstić information content (AvgIpc) is 2.55. The molecule has 2 unspecified atom stereocenters. The van der Waals surface area contributed by atoms with Crippen LogP contribution in [0.4, 0.5) is 5.69 Å². The van der Waals surface area contributed by atoms with Crippen LogP contribution >= 0.6 is 0 Å². The van der Waals surface area contributed by atoms with E-state index in [1.165, 1.54) is 0 Å². The van der Waals surface area contributed by atoms with Crippen molar-refractivity contribution in [3.05, 3.63) is 29.8 Å². The van der Waals surface area contributed by atoms with Crippen molar-refractivity contribution in [2.45, 2.75) is 38.6 Å². The summed E-state index contributed by atoms with van der Waals surface area (Å²) in [6, 6.07) is 7.75. The van der Waals surface area contributed by atoms with E-state index >= 15 is 0 Å². The van der Waals surface area contributed by atoms with Gasteiger partial charge in [0.05, 0.1) is 0 Å². The zero-order valence-electron chi connectivity index (χ0n) is 11.3. The first-order valence-electron chi connectivity index (χ1n) is 7.18. The predicted octanol–water partition coefficient (Wildman–Crippen LogP) is 2.84. The molecular formula is C16H19NO2. The monoisotopic (exact) mass is 257 g/mol. The van der Waals surface area contributed by atoms with Gasteiger partial charge in [0.25, 0.3) is 0 Å². The lowest BCUT2D eigenvalue weighted by Crippen LogP contribution is -2.44. The third-order valence-corrected chi connectivity index (χ3v) is 4.49. The Morgan fingerprint density at radius 1 is 1.16 bits per heavy atom. The average molecular weight is 257 g/mol. The van der Waals surface area contributed by atoms with Gasteiger partial charge in [-0.15, -0.1) is 0 Å². The van der Waals surface area contributed by atoms with E-state index in [4.69, 9.17) is 0 Å². The summed E-state index contributed by atoms with van der Waals surface area (Å²) in [4.78, 5) is 27.1. The molecule has 1 heterocycles. The van der Waals surface area contributed by atoms with Crippen LogP contribution in [-0.4, -0.2) is 24.2 Å². The van der Waals surface area contributed by atoms with Crippen LogP contribution in [0.5, 0.6) is 0 Å². The lowest BCUT2D eigenvalue weighted by Gasteiger charge is -2.38. The maximum absolute atomic E-state index is 12.4. The van der Waals surface area contributed by atoms with E-state index in [-0.39, 0.29) is 23.5 Å². The predicted molar refractivity (Wildman–Crippen MR) is 74.5 cm³/mol. The minimum Gasteiger partial charge on any atom is -0.367 e. The fraction of sp³-hybridized carbons (Fsp3) is 0.500. The molecule has 1 saturated carbocycles. The fourth-order valence-corrected chi connectivity index (χ4v) is 3.59. The highest BCUT2D eigenvalue weighted by Gasteiger charge is 2.41. The number of hydrogen-bond donors (Lipinski definition) is 0. The number of benzene rings is 1. The summed E-state index contributed by atoms with van der Waals surface area (Å²) in [5.41, 5.74) is 1.53. The van der Waals surface area contributed by atoms with Crippen LogP contribution in [0.25, 0.3) is 0 Å². The highest BCUT2D eigenvalue weighted by atomic mass is 16.2. The van der Waals surface area contributed by atoms with Crippen molar-refractivity contribution in [1.29, 1.82) is 0 Å². The van der Waals surface area contributed by atoms with Gasteiger partial charge in [-0.05, 0) is 31.9 Å². The first-order valence-corrected chi connectivity index (χ1v) is 7.18. The van der Waals surface area contributed by atoms with E-state index in [9.17, 15) is 9.59 Å². The van der Waals surface area contributed by atoms with Gasteiger partial charge in [0.2, 0.25) is 11.6 Å². The van der Waals surface area contributed by atoms with Crippen molar-refractivity contribution in [3.63, 3.8) is 0 Å². The number of rotatable bonds is 1. The van der Waals surface area contributed by atoms with Crippen molar-refractivity contribution in [3.8, 4) is 0 Å². The molecule has 0 N–H and O–H groups in total. The molecule has 0 radical (unpaired) electrons. The van der Waals surface area contributed by atoms with Crippen LogP contribution in [0.3, 0.4) is 0 Å². The molecule has 3 rings (SSSR count). The topological polar surface area (TPSA) is 37.4 Å². The zero-order valence-corrected chi connectivity index (χ0v) is 11.3. The molecule has 1 aliphatic carbocycles. The molecule has 0 amide bonds. The number of Topliss-reactive ketones (excluding diaryl/α,β-unsaturated/α-hetero) is 2. The normalized spacial score (nSPS) is 26.7. The molecule has 1 aliphatic heterocycles. The van der Waals surface area contributed by atoms with Gasteiger partial charge in [0.1, 0.15) is 0 Å². The number of ketones is 2. The minimum absolute atomic E-state index is 0.103. The summed E-state index contributed by atoms with van der Waals surface area (Å²) in [5, 5.41) is 0. The first kappa shape index (κ1) is 12.4. The second-order valence-corrected chi connectivity index (χ2v) is 5.45. The summed E-state index contributed by atoms with van der Waals surface area (Å²) in [6.07, 6.45) is 4.10. The van der Waals surface area contributed by atoms with Crippen molar-refractivity contribution in [2.24, 2.45) is 5.92 Å². The summed E-state index contributed by atoms with van der Waals surface area (Å²) >= 11 is 0. The van der Waals surface area contributed by atoms with Crippen molar-refractivity contribution in [2.75, 3.05) is 11.4 Å². The lowest BCUT2D eigenvalue weighted by molar-refractivity contribution is -0.119. The lowest BCUT2D eigenvalue weighted by atomic mass is 9.80. The summed E-state index contributed by atoms with van der Waals surface area (Å²) < 4.78 is 0. The Balaban J connectivity index is 2.14. The number of para-hydroxylation sites is 1. The van der Waals surface area contributed by atoms with Crippen molar-refractivity contribution in [1.82, 2.24) is 0 Å². The number of hydrogen-bond acceptors (Lipinski definition) is 3. The number of carbonyl (C=O) groups excluding carboxylic acids is 2. The van der Waals surface area contributed by atoms with Gasteiger partial charge < -0.3 is 4.90 Å². The van der Waals surface area contributed by atoms with Crippen LogP contribution in [-0.2, 0) is 4.79 Å². The number of fused-ring (bicyclic) bond motifs is 2. The SMILES string of the molecule is CCN1c2ccccc2C(=O)C(=O)C2CCCCC21. The Morgan fingerprint density at radius 3 is 2.68 bits per heavy atom. The van der Waals surface area contributed by atoms with E-state index in [0.29, 0.717) is 5.56 Å². The van der Waals surface area contributed by atoms with Gasteiger partial charge in [-0.1, -0.05) is 25.0 Å². The molecule has 19 heavy (non-hydrogen) atoms. The Morgan fingerprint density at radius 2 is 1.89 bits per heavy atom. The molecule has 0 bridgehead atoms. The molecule has 0 aromatic heterocycles. The van der Waals surface area contributed by atoms with E-state index in [1.54, 1.807) is 6.07 Å². The standard InChI is InChI=1S/C16H19NO2/c1-2-17-13-9-5-3-7-11(13)15(18)16(19)12-8-4-6-10-14(12)17/h3,5,7,9,12,14H,2,4,6,8,10H2,1H3. The Kier molecular flexibility index (Phi) is 3.13. The van der Waals surface area contributed by atoms with Crippen LogP contribution in [0.1, 0.15) is 43.0 Å². The summed E-state index contributed by atoms with van der Waals surface area (Å²) in [6.45, 7) is 2.95. The molecule has 0 saturated heterocycles. The smallest absolute Gasteiger partial charge is 0.231 e. The van der Waals surface area contributed by atoms with Gasteiger partial charge in [-0.3, -0.25) is 9.59 Å². The van der Waals surface area contributed by atoms with E-state index in [1.807, 2.05) is 18.2 Å². The number of nitrogens with zero attached hydrogens (tertiary/aromatic N) is 1. The van der Waals surface area contributed by atoms with Gasteiger partial charge in [0.15, 0.2) is 0 Å². The van der Waals surface area contributed by atoms with Gasteiger partial charge in [-0.2, -0.15) is 0 Å². The molecule has 3 nitrogen and oxygen atoms in total. The summed E-state index contributed by atoms with van der Waals surface area (Å²) in [7, 11) is 0. The molecule has 2 atom stereocenters. The third kappa shape index (κ3) is 1.88. The van der Waals surface area contributed by atoms with Crippen LogP contribution in [0.2, 0.25) is 0 Å². The Hall–Kier alpha value is -1.64. The van der Waals surface area contributed by atoms with Crippen molar-refractivity contribution >= 4 is 17.3 Å². The van der Waals surface area contributed by atoms with E-state index < -0.39 is 0 Å². The maximum Gasteiger partial charge on any atom is 0.231 e. The molecule has 3 heteroatoms. The summed E-state index contributed by atoms with van der Waals surface area (Å²) in [5.74, 6) is -0.565. The fourth-order valence-electron chi connectivity index (χ4n) is 3.59. The first-order chi connectivity index (χ1) is 9.24. The molecular weight excluding hydrogens is 238 g/mol. The van der Waals surface area contributed by atoms with Gasteiger partial charge in [-0.25, -0.2) is 0 Å². The van der Waals surface area contributed by atoms with Crippen LogP contribution in [0, 0.1) is 5.92 Å². The Bertz CT molecular complexity index is 523. The molecule has 2 aliphatic rings. The molecule has 100 valence electrons. The van der Waals surface area contributed by atoms with Crippen LogP contribution in [0.15, 0.2) is 24.3 Å². The number of anilines is 1. The highest BCUT2D eigenvalue weighted by Crippen LogP contribution is 2.37. The zero-order chi connectivity index (χ0) is 13.4. The van der Waals surface area contributed by atoms with E-state index in [0.717, 1.165) is 37.9 Å². The number of carbonyl (C=O) groups is 2. The van der Waals surface area contributed by atoms with Gasteiger partial charge >= 0.3 is 0 Å². The largest absolute Gasteiger partial charge is 0.367 e. The second kappa shape index (κ2) is 4.80. The van der Waals surface area contributed by atoms with Crippen LogP contribution < -0.4 is 4.90 Å². The molecule has 1 aromatic rings. The molecule has 1 aromatic carbocycles. The maximum atomic E-state index is 12.4. The van der Waals surface area contributed by atoms with Gasteiger partial charge in [0, 0.05) is 29.8 Å². The quantitative estimate of drug-likeness (QED) is 0.726. The minimum atomic E-state index is -0.288. The Labute approximate surface area is 113 Å².